The van der Waals surface area contributed by atoms with Crippen LogP contribution in [-0.2, 0) is 0 Å². The molecule has 2 aromatic carbocycles. The summed E-state index contributed by atoms with van der Waals surface area (Å²) in [6.45, 7) is 0.947. The van der Waals surface area contributed by atoms with Gasteiger partial charge < -0.3 is 11.1 Å². The summed E-state index contributed by atoms with van der Waals surface area (Å²) in [6.07, 6.45) is 0. The summed E-state index contributed by atoms with van der Waals surface area (Å²) in [7, 11) is 0. The number of rotatable bonds is 2. The molecule has 0 spiro atoms. The lowest BCUT2D eigenvalue weighted by molar-refractivity contribution is 0.625. The summed E-state index contributed by atoms with van der Waals surface area (Å²) in [5.41, 5.74) is 8.48. The van der Waals surface area contributed by atoms with Crippen LogP contribution >= 0.6 is 11.6 Å². The Hall–Kier alpha value is -1.91. The van der Waals surface area contributed by atoms with Crippen LogP contribution in [-0.4, -0.2) is 24.8 Å². The number of aliphatic imine (C=N–C) groups is 1. The van der Waals surface area contributed by atoms with Crippen LogP contribution in [0.3, 0.4) is 0 Å². The second-order valence-corrected chi connectivity index (χ2v) is 5.37. The van der Waals surface area contributed by atoms with E-state index in [1.165, 1.54) is 6.07 Å². The molecule has 1 aliphatic rings. The average molecular weight is 305 g/mol. The summed E-state index contributed by atoms with van der Waals surface area (Å²) in [5.74, 6) is -0.298. The number of nitrogens with two attached hydrogens (primary N) is 1. The van der Waals surface area contributed by atoms with Crippen LogP contribution in [0.4, 0.5) is 10.1 Å². The van der Waals surface area contributed by atoms with Crippen molar-refractivity contribution in [1.82, 2.24) is 0 Å². The first-order valence-corrected chi connectivity index (χ1v) is 7.12. The van der Waals surface area contributed by atoms with Gasteiger partial charge in [-0.2, -0.15) is 0 Å². The van der Waals surface area contributed by atoms with Crippen molar-refractivity contribution in [3.8, 4) is 0 Å². The first kappa shape index (κ1) is 14.0. The summed E-state index contributed by atoms with van der Waals surface area (Å²) in [4.78, 5) is 4.56. The van der Waals surface area contributed by atoms with Crippen molar-refractivity contribution in [3.63, 3.8) is 0 Å². The Morgan fingerprint density at radius 1 is 1.24 bits per heavy atom. The molecule has 1 unspecified atom stereocenters. The molecule has 0 bridgehead atoms. The van der Waals surface area contributed by atoms with E-state index in [1.807, 2.05) is 6.07 Å². The molecule has 0 saturated carbocycles. The lowest BCUT2D eigenvalue weighted by atomic mass is 10.0. The minimum absolute atomic E-state index is 0.0224. The van der Waals surface area contributed by atoms with Gasteiger partial charge in [-0.1, -0.05) is 23.7 Å². The molecule has 0 fully saturated rings. The number of fused-ring (bicyclic) bond motifs is 1. The van der Waals surface area contributed by atoms with Crippen LogP contribution in [0.1, 0.15) is 11.1 Å². The van der Waals surface area contributed by atoms with Gasteiger partial charge in [0, 0.05) is 28.4 Å². The molecule has 5 heteroatoms. The van der Waals surface area contributed by atoms with Crippen LogP contribution in [0.5, 0.6) is 0 Å². The third kappa shape index (κ3) is 2.77. The molecule has 0 aliphatic carbocycles. The SMILES string of the molecule is NC[13CH]1CN=C(c2ccccc2F)c2cc(Cl)ccc2N1. The van der Waals surface area contributed by atoms with E-state index in [4.69, 9.17) is 17.3 Å². The molecule has 108 valence electrons. The Kier molecular flexibility index (Phi) is 3.90. The highest BCUT2D eigenvalue weighted by atomic mass is 35.5. The molecular weight excluding hydrogens is 290 g/mol. The zero-order valence-electron chi connectivity index (χ0n) is 11.3. The number of anilines is 1. The van der Waals surface area contributed by atoms with Gasteiger partial charge in [-0.05, 0) is 30.3 Å². The van der Waals surface area contributed by atoms with E-state index in [-0.39, 0.29) is 11.9 Å². The molecule has 3 rings (SSSR count). The van der Waals surface area contributed by atoms with Gasteiger partial charge in [-0.25, -0.2) is 4.39 Å². The highest BCUT2D eigenvalue weighted by Crippen LogP contribution is 2.27. The zero-order valence-corrected chi connectivity index (χ0v) is 12.1. The number of hydrogen-bond donors (Lipinski definition) is 2. The Morgan fingerprint density at radius 3 is 2.81 bits per heavy atom. The Balaban J connectivity index is 2.18. The first-order valence-electron chi connectivity index (χ1n) is 6.75. The topological polar surface area (TPSA) is 50.4 Å². The van der Waals surface area contributed by atoms with Crippen molar-refractivity contribution in [2.45, 2.75) is 6.04 Å². The number of benzene rings is 2. The van der Waals surface area contributed by atoms with E-state index in [0.29, 0.717) is 29.4 Å². The number of nitrogens with zero attached hydrogens (tertiary/aromatic N) is 1. The van der Waals surface area contributed by atoms with E-state index in [9.17, 15) is 4.39 Å². The van der Waals surface area contributed by atoms with E-state index < -0.39 is 0 Å². The normalized spacial score (nSPS) is 17.5. The third-order valence-corrected chi connectivity index (χ3v) is 3.71. The largest absolute Gasteiger partial charge is 0.379 e. The fraction of sp³-hybridized carbons (Fsp3) is 0.188. The maximum atomic E-state index is 14.1. The molecule has 0 amide bonds. The van der Waals surface area contributed by atoms with Crippen molar-refractivity contribution >= 4 is 23.0 Å². The molecule has 0 aromatic heterocycles. The average Bonchev–Trinajstić information content (AvgIpc) is 2.67. The van der Waals surface area contributed by atoms with Gasteiger partial charge in [0.15, 0.2) is 0 Å². The summed E-state index contributed by atoms with van der Waals surface area (Å²) >= 11 is 6.09. The predicted octanol–water partition coefficient (Wildman–Crippen LogP) is 3.07. The van der Waals surface area contributed by atoms with Crippen LogP contribution in [0.15, 0.2) is 47.5 Å². The molecule has 1 atom stereocenters. The Labute approximate surface area is 127 Å². The lowest BCUT2D eigenvalue weighted by Gasteiger charge is -2.15. The lowest BCUT2D eigenvalue weighted by Crippen LogP contribution is -2.31. The molecule has 0 radical (unpaired) electrons. The fourth-order valence-electron chi connectivity index (χ4n) is 2.41. The minimum atomic E-state index is -0.298. The Morgan fingerprint density at radius 2 is 2.05 bits per heavy atom. The predicted molar refractivity (Wildman–Crippen MR) is 84.8 cm³/mol. The van der Waals surface area contributed by atoms with Gasteiger partial charge in [-0.3, -0.25) is 4.99 Å². The highest BCUT2D eigenvalue weighted by Gasteiger charge is 2.20. The number of nitrogens with one attached hydrogen (secondary N) is 1. The van der Waals surface area contributed by atoms with Crippen LogP contribution in [0.25, 0.3) is 0 Å². The number of halogens is 2. The van der Waals surface area contributed by atoms with Gasteiger partial charge >= 0.3 is 0 Å². The minimum Gasteiger partial charge on any atom is -0.379 e. The van der Waals surface area contributed by atoms with Gasteiger partial charge in [0.25, 0.3) is 0 Å². The van der Waals surface area contributed by atoms with E-state index >= 15 is 0 Å². The summed E-state index contributed by atoms with van der Waals surface area (Å²) in [5, 5.41) is 3.92. The molecule has 0 saturated heterocycles. The molecule has 2 aromatic rings. The maximum absolute atomic E-state index is 14.1. The molecular formula is C16H15ClFN3. The van der Waals surface area contributed by atoms with E-state index in [2.05, 4.69) is 10.3 Å². The van der Waals surface area contributed by atoms with Crippen molar-refractivity contribution in [2.75, 3.05) is 18.4 Å². The van der Waals surface area contributed by atoms with Crippen molar-refractivity contribution in [1.29, 1.82) is 0 Å². The smallest absolute Gasteiger partial charge is 0.132 e. The van der Waals surface area contributed by atoms with E-state index in [1.54, 1.807) is 30.3 Å². The standard InChI is InChI=1S/C16H15ClFN3/c17-10-5-6-15-13(7-10)16(20-9-11(8-19)21-15)12-3-1-2-4-14(12)18/h1-7,11,21H,8-9,19H2/i11+1. The first-order chi connectivity index (χ1) is 10.2. The molecule has 1 heterocycles. The van der Waals surface area contributed by atoms with Crippen LogP contribution in [0.2, 0.25) is 5.02 Å². The third-order valence-electron chi connectivity index (χ3n) is 3.48. The van der Waals surface area contributed by atoms with Crippen molar-refractivity contribution in [2.24, 2.45) is 10.7 Å². The van der Waals surface area contributed by atoms with E-state index in [0.717, 1.165) is 11.3 Å². The Bertz CT molecular complexity index is 700. The molecule has 1 aliphatic heterocycles. The van der Waals surface area contributed by atoms with Gasteiger partial charge in [0.05, 0.1) is 18.3 Å². The van der Waals surface area contributed by atoms with Crippen molar-refractivity contribution in [3.05, 3.63) is 64.4 Å². The fourth-order valence-corrected chi connectivity index (χ4v) is 2.58. The molecule has 3 N–H and O–H groups in total. The second kappa shape index (κ2) is 5.84. The van der Waals surface area contributed by atoms with Gasteiger partial charge in [0.1, 0.15) is 5.82 Å². The number of hydrogen-bond acceptors (Lipinski definition) is 3. The second-order valence-electron chi connectivity index (χ2n) is 4.94. The van der Waals surface area contributed by atoms with Gasteiger partial charge in [0.2, 0.25) is 0 Å². The van der Waals surface area contributed by atoms with Crippen LogP contribution < -0.4 is 11.1 Å². The van der Waals surface area contributed by atoms with Crippen molar-refractivity contribution < 1.29 is 4.39 Å². The number of benzodiazepines with no additional fused rings is 1. The summed E-state index contributed by atoms with van der Waals surface area (Å²) in [6, 6.07) is 12.1. The zero-order chi connectivity index (χ0) is 14.8. The molecule has 21 heavy (non-hydrogen) atoms. The highest BCUT2D eigenvalue weighted by molar-refractivity contribution is 6.31. The molecule has 3 nitrogen and oxygen atoms in total. The van der Waals surface area contributed by atoms with Gasteiger partial charge in [-0.15, -0.1) is 0 Å². The van der Waals surface area contributed by atoms with Crippen LogP contribution in [0, 0.1) is 5.82 Å². The maximum Gasteiger partial charge on any atom is 0.132 e. The summed E-state index contributed by atoms with van der Waals surface area (Å²) < 4.78 is 14.1. The quantitative estimate of drug-likeness (QED) is 0.838. The monoisotopic (exact) mass is 304 g/mol.